The lowest BCUT2D eigenvalue weighted by atomic mass is 10.1. The molecule has 0 radical (unpaired) electrons. The Bertz CT molecular complexity index is 546. The van der Waals surface area contributed by atoms with Crippen LogP contribution >= 0.6 is 15.9 Å². The van der Waals surface area contributed by atoms with E-state index in [0.29, 0.717) is 15.9 Å². The molecule has 0 aliphatic carbocycles. The molecule has 88 valence electrons. The summed E-state index contributed by atoms with van der Waals surface area (Å²) in [4.78, 5) is 8.05. The van der Waals surface area contributed by atoms with Gasteiger partial charge in [0.15, 0.2) is 5.82 Å². The Hall–Kier alpha value is -1.56. The number of anilines is 1. The van der Waals surface area contributed by atoms with Crippen LogP contribution in [0.5, 0.6) is 0 Å². The predicted molar refractivity (Wildman–Crippen MR) is 64.5 cm³/mol. The summed E-state index contributed by atoms with van der Waals surface area (Å²) in [6, 6.07) is 5.91. The molecule has 6 heteroatoms. The first-order valence-corrected chi connectivity index (χ1v) is 5.53. The second-order valence-electron chi connectivity index (χ2n) is 3.35. The highest BCUT2D eigenvalue weighted by Gasteiger charge is 2.10. The highest BCUT2D eigenvalue weighted by atomic mass is 79.9. The van der Waals surface area contributed by atoms with Gasteiger partial charge in [0.25, 0.3) is 6.43 Å². The minimum atomic E-state index is -2.51. The molecule has 17 heavy (non-hydrogen) atoms. The van der Waals surface area contributed by atoms with Crippen LogP contribution in [-0.4, -0.2) is 9.97 Å². The number of rotatable bonds is 2. The van der Waals surface area contributed by atoms with Crippen LogP contribution in [0.3, 0.4) is 0 Å². The van der Waals surface area contributed by atoms with Crippen LogP contribution in [0.15, 0.2) is 34.9 Å². The smallest absolute Gasteiger partial charge is 0.263 e. The van der Waals surface area contributed by atoms with Gasteiger partial charge in [-0.05, 0) is 22.0 Å². The molecule has 0 bridgehead atoms. The van der Waals surface area contributed by atoms with Crippen molar-refractivity contribution in [2.45, 2.75) is 6.43 Å². The summed E-state index contributed by atoms with van der Waals surface area (Å²) in [6.07, 6.45) is -1.02. The standard InChI is InChI=1S/C11H8BrF2N3/c12-8-5-16-11(17-10(8)15)7-3-1-2-6(4-7)9(13)14/h1-5,9H,(H2,15,16,17). The molecule has 1 heterocycles. The summed E-state index contributed by atoms with van der Waals surface area (Å²) in [5.41, 5.74) is 6.06. The van der Waals surface area contributed by atoms with Gasteiger partial charge in [-0.25, -0.2) is 18.7 Å². The molecule has 1 aromatic heterocycles. The first kappa shape index (κ1) is 11.9. The third-order valence-electron chi connectivity index (χ3n) is 2.17. The Kier molecular flexibility index (Phi) is 3.33. The van der Waals surface area contributed by atoms with E-state index in [1.807, 2.05) is 0 Å². The summed E-state index contributed by atoms with van der Waals surface area (Å²) < 4.78 is 25.6. The van der Waals surface area contributed by atoms with E-state index in [0.717, 1.165) is 0 Å². The lowest BCUT2D eigenvalue weighted by molar-refractivity contribution is 0.151. The number of aromatic nitrogens is 2. The second-order valence-corrected chi connectivity index (χ2v) is 4.21. The summed E-state index contributed by atoms with van der Waals surface area (Å²) in [5, 5.41) is 0. The van der Waals surface area contributed by atoms with E-state index in [9.17, 15) is 8.78 Å². The minimum absolute atomic E-state index is 0.0624. The van der Waals surface area contributed by atoms with E-state index < -0.39 is 6.43 Å². The average Bonchev–Trinajstić information content (AvgIpc) is 2.33. The maximum atomic E-state index is 12.5. The van der Waals surface area contributed by atoms with Gasteiger partial charge < -0.3 is 5.73 Å². The molecule has 2 N–H and O–H groups in total. The van der Waals surface area contributed by atoms with Crippen LogP contribution in [-0.2, 0) is 0 Å². The quantitative estimate of drug-likeness (QED) is 0.924. The zero-order chi connectivity index (χ0) is 12.4. The number of hydrogen-bond donors (Lipinski definition) is 1. The molecule has 3 nitrogen and oxygen atoms in total. The van der Waals surface area contributed by atoms with E-state index in [1.54, 1.807) is 12.1 Å². The van der Waals surface area contributed by atoms with Crippen LogP contribution in [0.25, 0.3) is 11.4 Å². The van der Waals surface area contributed by atoms with Crippen LogP contribution in [0.1, 0.15) is 12.0 Å². The van der Waals surface area contributed by atoms with Gasteiger partial charge in [0, 0.05) is 17.3 Å². The van der Waals surface area contributed by atoms with Crippen molar-refractivity contribution in [2.24, 2.45) is 0 Å². The van der Waals surface area contributed by atoms with Crippen molar-refractivity contribution in [2.75, 3.05) is 5.73 Å². The average molecular weight is 300 g/mol. The first-order chi connectivity index (χ1) is 8.08. The number of nitrogen functional groups attached to an aromatic ring is 1. The summed E-state index contributed by atoms with van der Waals surface area (Å²) >= 11 is 3.17. The Morgan fingerprint density at radius 1 is 1.29 bits per heavy atom. The number of alkyl halides is 2. The van der Waals surface area contributed by atoms with Gasteiger partial charge in [-0.2, -0.15) is 0 Å². The van der Waals surface area contributed by atoms with Gasteiger partial charge in [0.1, 0.15) is 5.82 Å². The van der Waals surface area contributed by atoms with Gasteiger partial charge in [-0.3, -0.25) is 0 Å². The second kappa shape index (κ2) is 4.75. The highest BCUT2D eigenvalue weighted by Crippen LogP contribution is 2.25. The molecule has 0 atom stereocenters. The van der Waals surface area contributed by atoms with Gasteiger partial charge in [0.05, 0.1) is 4.47 Å². The van der Waals surface area contributed by atoms with Crippen molar-refractivity contribution < 1.29 is 8.78 Å². The van der Waals surface area contributed by atoms with Gasteiger partial charge >= 0.3 is 0 Å². The van der Waals surface area contributed by atoms with Crippen molar-refractivity contribution in [1.82, 2.24) is 9.97 Å². The number of nitrogens with zero attached hydrogens (tertiary/aromatic N) is 2. The fourth-order valence-corrected chi connectivity index (χ4v) is 1.52. The normalized spacial score (nSPS) is 10.8. The number of nitrogens with two attached hydrogens (primary N) is 1. The van der Waals surface area contributed by atoms with Crippen LogP contribution in [0.4, 0.5) is 14.6 Å². The van der Waals surface area contributed by atoms with Crippen LogP contribution in [0.2, 0.25) is 0 Å². The fraction of sp³-hybridized carbons (Fsp3) is 0.0909. The van der Waals surface area contributed by atoms with E-state index in [4.69, 9.17) is 5.73 Å². The molecule has 1 aromatic carbocycles. The summed E-state index contributed by atoms with van der Waals surface area (Å²) in [7, 11) is 0. The van der Waals surface area contributed by atoms with Gasteiger partial charge in [0.2, 0.25) is 0 Å². The molecular formula is C11H8BrF2N3. The third kappa shape index (κ3) is 2.58. The molecule has 0 saturated heterocycles. The Labute approximate surface area is 105 Å². The Balaban J connectivity index is 2.45. The molecule has 0 spiro atoms. The zero-order valence-electron chi connectivity index (χ0n) is 8.57. The fourth-order valence-electron chi connectivity index (χ4n) is 1.33. The molecule has 2 rings (SSSR count). The minimum Gasteiger partial charge on any atom is -0.383 e. The molecule has 0 fully saturated rings. The Morgan fingerprint density at radius 3 is 2.71 bits per heavy atom. The van der Waals surface area contributed by atoms with E-state index >= 15 is 0 Å². The maximum Gasteiger partial charge on any atom is 0.263 e. The molecule has 0 unspecified atom stereocenters. The lowest BCUT2D eigenvalue weighted by Crippen LogP contribution is -1.97. The third-order valence-corrected chi connectivity index (χ3v) is 2.78. The van der Waals surface area contributed by atoms with Crippen molar-refractivity contribution in [3.8, 4) is 11.4 Å². The summed E-state index contributed by atoms with van der Waals surface area (Å²) in [6.45, 7) is 0. The number of halogens is 3. The van der Waals surface area contributed by atoms with Crippen LogP contribution < -0.4 is 5.73 Å². The molecule has 0 saturated carbocycles. The first-order valence-electron chi connectivity index (χ1n) is 4.74. The number of hydrogen-bond acceptors (Lipinski definition) is 3. The lowest BCUT2D eigenvalue weighted by Gasteiger charge is -2.04. The van der Waals surface area contributed by atoms with Crippen molar-refractivity contribution in [1.29, 1.82) is 0 Å². The highest BCUT2D eigenvalue weighted by molar-refractivity contribution is 9.10. The van der Waals surface area contributed by atoms with Gasteiger partial charge in [-0.15, -0.1) is 0 Å². The molecule has 0 aliphatic heterocycles. The molecule has 2 aromatic rings. The SMILES string of the molecule is Nc1nc(-c2cccc(C(F)F)c2)ncc1Br. The van der Waals surface area contributed by atoms with Crippen molar-refractivity contribution >= 4 is 21.7 Å². The number of benzene rings is 1. The topological polar surface area (TPSA) is 51.8 Å². The Morgan fingerprint density at radius 2 is 2.06 bits per heavy atom. The largest absolute Gasteiger partial charge is 0.383 e. The van der Waals surface area contributed by atoms with E-state index in [-0.39, 0.29) is 11.4 Å². The maximum absolute atomic E-state index is 12.5. The molecule has 0 amide bonds. The van der Waals surface area contributed by atoms with Crippen LogP contribution in [0, 0.1) is 0 Å². The predicted octanol–water partition coefficient (Wildman–Crippen LogP) is 3.43. The van der Waals surface area contributed by atoms with Crippen molar-refractivity contribution in [3.63, 3.8) is 0 Å². The van der Waals surface area contributed by atoms with E-state index in [1.165, 1.54) is 18.3 Å². The van der Waals surface area contributed by atoms with E-state index in [2.05, 4.69) is 25.9 Å². The van der Waals surface area contributed by atoms with Crippen molar-refractivity contribution in [3.05, 3.63) is 40.5 Å². The zero-order valence-corrected chi connectivity index (χ0v) is 10.2. The molecule has 0 aliphatic rings. The molecular weight excluding hydrogens is 292 g/mol. The summed E-state index contributed by atoms with van der Waals surface area (Å²) in [5.74, 6) is 0.602. The monoisotopic (exact) mass is 299 g/mol. The van der Waals surface area contributed by atoms with Gasteiger partial charge in [-0.1, -0.05) is 18.2 Å².